The van der Waals surface area contributed by atoms with Gasteiger partial charge in [-0.1, -0.05) is 121 Å². The highest BCUT2D eigenvalue weighted by atomic mass is 15.3. The maximum absolute atomic E-state index is 5.11. The van der Waals surface area contributed by atoms with Crippen LogP contribution in [0.5, 0.6) is 0 Å². The number of fused-ring (bicyclic) bond motifs is 3. The molecule has 3 N–H and O–H groups in total. The molecule has 0 spiro atoms. The molecule has 3 unspecified atom stereocenters. The van der Waals surface area contributed by atoms with Gasteiger partial charge >= 0.3 is 0 Å². The number of aliphatic imine (C=N–C) groups is 1. The van der Waals surface area contributed by atoms with Gasteiger partial charge in [0.2, 0.25) is 0 Å². The summed E-state index contributed by atoms with van der Waals surface area (Å²) in [5.41, 5.74) is 8.14. The minimum atomic E-state index is -0.163. The van der Waals surface area contributed by atoms with Crippen molar-refractivity contribution in [3.8, 4) is 11.1 Å². The van der Waals surface area contributed by atoms with Crippen LogP contribution in [0.1, 0.15) is 29.6 Å². The molecule has 2 aliphatic heterocycles. The second-order valence-corrected chi connectivity index (χ2v) is 11.0. The average molecular weight is 558 g/mol. The SMILES string of the molecule is C1=CC(n2c3ccccc3c3ccc(-c4ccccc4)cc32)NC=C1C1=NC(c2ccccc2)NC(c2ccccc2)N1. The van der Waals surface area contributed by atoms with E-state index in [4.69, 9.17) is 4.99 Å². The zero-order chi connectivity index (χ0) is 28.6. The molecule has 8 rings (SSSR count). The van der Waals surface area contributed by atoms with Gasteiger partial charge in [-0.25, -0.2) is 4.99 Å². The summed E-state index contributed by atoms with van der Waals surface area (Å²) in [6.45, 7) is 0. The second-order valence-electron chi connectivity index (χ2n) is 11.0. The first kappa shape index (κ1) is 25.3. The van der Waals surface area contributed by atoms with Crippen molar-refractivity contribution in [1.29, 1.82) is 0 Å². The minimum Gasteiger partial charge on any atom is -0.367 e. The molecular weight excluding hydrogens is 526 g/mol. The van der Waals surface area contributed by atoms with Gasteiger partial charge < -0.3 is 15.2 Å². The van der Waals surface area contributed by atoms with Crippen molar-refractivity contribution >= 4 is 27.6 Å². The molecule has 0 amide bonds. The van der Waals surface area contributed by atoms with Crippen LogP contribution < -0.4 is 16.0 Å². The largest absolute Gasteiger partial charge is 0.367 e. The normalized spacial score (nSPS) is 19.9. The summed E-state index contributed by atoms with van der Waals surface area (Å²) in [4.78, 5) is 5.11. The molecule has 5 aromatic carbocycles. The van der Waals surface area contributed by atoms with Crippen LogP contribution in [-0.4, -0.2) is 10.4 Å². The molecule has 0 fully saturated rings. The molecule has 2 aliphatic rings. The Morgan fingerprint density at radius 2 is 1.28 bits per heavy atom. The van der Waals surface area contributed by atoms with Gasteiger partial charge in [-0.15, -0.1) is 0 Å². The second kappa shape index (κ2) is 10.8. The fraction of sp³-hybridized carbons (Fsp3) is 0.0789. The molecule has 5 heteroatoms. The van der Waals surface area contributed by atoms with Crippen LogP contribution in [-0.2, 0) is 0 Å². The summed E-state index contributed by atoms with van der Waals surface area (Å²) >= 11 is 0. The van der Waals surface area contributed by atoms with E-state index in [-0.39, 0.29) is 18.5 Å². The van der Waals surface area contributed by atoms with Crippen molar-refractivity contribution in [1.82, 2.24) is 20.5 Å². The van der Waals surface area contributed by atoms with Crippen molar-refractivity contribution < 1.29 is 0 Å². The smallest absolute Gasteiger partial charge is 0.133 e. The Labute approximate surface area is 250 Å². The number of nitrogens with zero attached hydrogens (tertiary/aromatic N) is 2. The van der Waals surface area contributed by atoms with Gasteiger partial charge in [0.15, 0.2) is 0 Å². The quantitative estimate of drug-likeness (QED) is 0.201. The monoisotopic (exact) mass is 557 g/mol. The number of para-hydroxylation sites is 1. The van der Waals surface area contributed by atoms with E-state index >= 15 is 0 Å². The number of amidine groups is 1. The zero-order valence-electron chi connectivity index (χ0n) is 23.6. The summed E-state index contributed by atoms with van der Waals surface area (Å²) in [6.07, 6.45) is 6.23. The molecule has 0 saturated heterocycles. The van der Waals surface area contributed by atoms with Gasteiger partial charge in [0, 0.05) is 22.5 Å². The third-order valence-electron chi connectivity index (χ3n) is 8.35. The number of dihydropyridines is 1. The highest BCUT2D eigenvalue weighted by Gasteiger charge is 2.27. The molecule has 43 heavy (non-hydrogen) atoms. The Balaban J connectivity index is 1.16. The third kappa shape index (κ3) is 4.70. The van der Waals surface area contributed by atoms with E-state index in [1.807, 2.05) is 12.1 Å². The van der Waals surface area contributed by atoms with Crippen molar-refractivity contribution in [2.75, 3.05) is 0 Å². The summed E-state index contributed by atoms with van der Waals surface area (Å²) in [7, 11) is 0. The van der Waals surface area contributed by atoms with Crippen LogP contribution in [0, 0.1) is 0 Å². The summed E-state index contributed by atoms with van der Waals surface area (Å²) in [5, 5.41) is 13.5. The van der Waals surface area contributed by atoms with Gasteiger partial charge in [0.25, 0.3) is 0 Å². The first-order valence-corrected chi connectivity index (χ1v) is 14.7. The van der Waals surface area contributed by atoms with E-state index in [0.717, 1.165) is 17.0 Å². The zero-order valence-corrected chi connectivity index (χ0v) is 23.6. The molecule has 0 radical (unpaired) electrons. The standard InChI is InChI=1S/C38H31N5/c1-4-12-26(13-5-1)29-20-22-32-31-18-10-11-19-33(31)43(34(32)24-29)35-23-21-30(25-39-35)38-41-36(27-14-6-2-7-15-27)40-37(42-38)28-16-8-3-9-17-28/h1-25,35-37,39-40H,(H,41,42). The van der Waals surface area contributed by atoms with Crippen LogP contribution in [0.3, 0.4) is 0 Å². The number of rotatable bonds is 5. The molecule has 0 bridgehead atoms. The lowest BCUT2D eigenvalue weighted by Gasteiger charge is -2.33. The summed E-state index contributed by atoms with van der Waals surface area (Å²) in [6, 6.07) is 46.9. The first-order valence-electron chi connectivity index (χ1n) is 14.7. The molecule has 3 atom stereocenters. The van der Waals surface area contributed by atoms with Gasteiger partial charge in [0.05, 0.1) is 11.0 Å². The molecular formula is C38H31N5. The predicted octanol–water partition coefficient (Wildman–Crippen LogP) is 7.99. The number of nitrogens with one attached hydrogen (secondary N) is 3. The van der Waals surface area contributed by atoms with Gasteiger partial charge in [-0.05, 0) is 46.5 Å². The van der Waals surface area contributed by atoms with Gasteiger partial charge in [-0.2, -0.15) is 0 Å². The Morgan fingerprint density at radius 1 is 0.605 bits per heavy atom. The maximum Gasteiger partial charge on any atom is 0.133 e. The van der Waals surface area contributed by atoms with E-state index in [9.17, 15) is 0 Å². The Kier molecular flexibility index (Phi) is 6.35. The lowest BCUT2D eigenvalue weighted by atomic mass is 10.0. The highest BCUT2D eigenvalue weighted by molar-refractivity contribution is 6.09. The Morgan fingerprint density at radius 3 is 2.02 bits per heavy atom. The minimum absolute atomic E-state index is 0.0469. The topological polar surface area (TPSA) is 53.4 Å². The molecule has 6 aromatic rings. The molecule has 5 nitrogen and oxygen atoms in total. The average Bonchev–Trinajstić information content (AvgIpc) is 3.43. The number of benzene rings is 5. The van der Waals surface area contributed by atoms with Crippen molar-refractivity contribution in [2.45, 2.75) is 18.5 Å². The van der Waals surface area contributed by atoms with Crippen LogP contribution in [0.4, 0.5) is 0 Å². The molecule has 0 saturated carbocycles. The van der Waals surface area contributed by atoms with E-state index in [2.05, 4.69) is 160 Å². The van der Waals surface area contributed by atoms with E-state index in [1.54, 1.807) is 0 Å². The number of hydrogen-bond acceptors (Lipinski definition) is 4. The summed E-state index contributed by atoms with van der Waals surface area (Å²) in [5.74, 6) is 0.859. The number of aromatic nitrogens is 1. The van der Waals surface area contributed by atoms with Crippen molar-refractivity contribution in [3.63, 3.8) is 0 Å². The van der Waals surface area contributed by atoms with Crippen LogP contribution in [0.2, 0.25) is 0 Å². The van der Waals surface area contributed by atoms with E-state index in [1.165, 1.54) is 38.5 Å². The number of hydrogen-bond donors (Lipinski definition) is 3. The Bertz CT molecular complexity index is 2010. The third-order valence-corrected chi connectivity index (χ3v) is 8.35. The maximum atomic E-state index is 5.11. The van der Waals surface area contributed by atoms with Crippen LogP contribution in [0.25, 0.3) is 32.9 Å². The Hall–Kier alpha value is -5.39. The van der Waals surface area contributed by atoms with Gasteiger partial charge in [-0.3, -0.25) is 5.32 Å². The van der Waals surface area contributed by atoms with Crippen molar-refractivity contribution in [2.24, 2.45) is 4.99 Å². The lowest BCUT2D eigenvalue weighted by Crippen LogP contribution is -2.45. The van der Waals surface area contributed by atoms with E-state index < -0.39 is 0 Å². The first-order chi connectivity index (χ1) is 21.3. The molecule has 0 aliphatic carbocycles. The molecule has 1 aromatic heterocycles. The van der Waals surface area contributed by atoms with Crippen molar-refractivity contribution in [3.05, 3.63) is 169 Å². The van der Waals surface area contributed by atoms with Crippen LogP contribution in [0.15, 0.2) is 162 Å². The fourth-order valence-electron chi connectivity index (χ4n) is 6.22. The lowest BCUT2D eigenvalue weighted by molar-refractivity contribution is 0.408. The van der Waals surface area contributed by atoms with Crippen LogP contribution >= 0.6 is 0 Å². The highest BCUT2D eigenvalue weighted by Crippen LogP contribution is 2.35. The predicted molar refractivity (Wildman–Crippen MR) is 176 cm³/mol. The fourth-order valence-corrected chi connectivity index (χ4v) is 6.22. The van der Waals surface area contributed by atoms with Gasteiger partial charge in [0.1, 0.15) is 24.3 Å². The van der Waals surface area contributed by atoms with E-state index in [0.29, 0.717) is 0 Å². The molecule has 3 heterocycles. The summed E-state index contributed by atoms with van der Waals surface area (Å²) < 4.78 is 2.40. The molecule has 208 valence electrons.